The third-order valence-corrected chi connectivity index (χ3v) is 4.30. The number of nitrogens with zero attached hydrogens (tertiary/aromatic N) is 3. The van der Waals surface area contributed by atoms with E-state index >= 15 is 0 Å². The van der Waals surface area contributed by atoms with E-state index in [-0.39, 0.29) is 18.0 Å². The molecule has 8 heteroatoms. The molecule has 0 radical (unpaired) electrons. The highest BCUT2D eigenvalue weighted by Crippen LogP contribution is 2.15. The van der Waals surface area contributed by atoms with E-state index in [4.69, 9.17) is 4.74 Å². The van der Waals surface area contributed by atoms with Crippen LogP contribution in [0.3, 0.4) is 0 Å². The van der Waals surface area contributed by atoms with Gasteiger partial charge in [-0.1, -0.05) is 12.1 Å². The first-order valence-electron chi connectivity index (χ1n) is 8.24. The van der Waals surface area contributed by atoms with E-state index in [0.717, 1.165) is 11.3 Å². The molecule has 1 aromatic heterocycles. The minimum atomic E-state index is -0.490. The van der Waals surface area contributed by atoms with Crippen molar-refractivity contribution in [2.24, 2.45) is 0 Å². The second-order valence-electron chi connectivity index (χ2n) is 6.10. The number of carbonyl (C=O) groups excluding carboxylic acids is 2. The van der Waals surface area contributed by atoms with Gasteiger partial charge in [0.25, 0.3) is 11.5 Å². The number of rotatable bonds is 4. The molecule has 0 atom stereocenters. The zero-order valence-electron chi connectivity index (χ0n) is 14.7. The van der Waals surface area contributed by atoms with Crippen LogP contribution in [0.1, 0.15) is 21.7 Å². The average Bonchev–Trinajstić information content (AvgIpc) is 2.63. The summed E-state index contributed by atoms with van der Waals surface area (Å²) in [5.41, 5.74) is 0.445. The van der Waals surface area contributed by atoms with E-state index in [9.17, 15) is 14.4 Å². The summed E-state index contributed by atoms with van der Waals surface area (Å²) in [6.07, 6.45) is 1.25. The number of amides is 2. The van der Waals surface area contributed by atoms with Crippen molar-refractivity contribution in [3.63, 3.8) is 0 Å². The Kier molecular flexibility index (Phi) is 5.01. The lowest BCUT2D eigenvalue weighted by Crippen LogP contribution is -2.52. The van der Waals surface area contributed by atoms with Gasteiger partial charge in [0.2, 0.25) is 5.91 Å². The van der Waals surface area contributed by atoms with E-state index in [1.165, 1.54) is 11.1 Å². The molecule has 1 saturated heterocycles. The summed E-state index contributed by atoms with van der Waals surface area (Å²) >= 11 is 0. The van der Waals surface area contributed by atoms with Crippen molar-refractivity contribution in [3.05, 3.63) is 57.8 Å². The van der Waals surface area contributed by atoms with Gasteiger partial charge >= 0.3 is 0 Å². The molecule has 0 spiro atoms. The average molecular weight is 356 g/mol. The van der Waals surface area contributed by atoms with Crippen LogP contribution in [0.15, 0.2) is 35.3 Å². The lowest BCUT2D eigenvalue weighted by atomic mass is 10.1. The van der Waals surface area contributed by atoms with E-state index in [1.807, 2.05) is 24.3 Å². The monoisotopic (exact) mass is 356 g/mol. The fourth-order valence-corrected chi connectivity index (χ4v) is 2.81. The summed E-state index contributed by atoms with van der Waals surface area (Å²) in [6.45, 7) is 2.83. The Hall–Kier alpha value is -3.16. The van der Waals surface area contributed by atoms with Crippen LogP contribution >= 0.6 is 0 Å². The lowest BCUT2D eigenvalue weighted by molar-refractivity contribution is -0.135. The van der Waals surface area contributed by atoms with Crippen molar-refractivity contribution in [3.8, 4) is 5.75 Å². The molecule has 1 aliphatic heterocycles. The Labute approximate surface area is 150 Å². The predicted octanol–water partition coefficient (Wildman–Crippen LogP) is 0.572. The summed E-state index contributed by atoms with van der Waals surface area (Å²) in [7, 11) is 1.60. The maximum absolute atomic E-state index is 12.5. The van der Waals surface area contributed by atoms with Crippen LogP contribution in [0, 0.1) is 6.92 Å². The van der Waals surface area contributed by atoms with Crippen molar-refractivity contribution in [2.45, 2.75) is 13.5 Å². The lowest BCUT2D eigenvalue weighted by Gasteiger charge is -2.34. The maximum atomic E-state index is 12.5. The largest absolute Gasteiger partial charge is 0.497 e. The summed E-state index contributed by atoms with van der Waals surface area (Å²) in [6, 6.07) is 7.49. The van der Waals surface area contributed by atoms with Crippen LogP contribution in [0.2, 0.25) is 0 Å². The van der Waals surface area contributed by atoms with Crippen LogP contribution in [0.25, 0.3) is 0 Å². The van der Waals surface area contributed by atoms with Crippen LogP contribution in [0.5, 0.6) is 5.75 Å². The number of methoxy groups -OCH3 is 1. The topological polar surface area (TPSA) is 95.6 Å². The molecule has 2 aromatic rings. The normalized spacial score (nSPS) is 14.5. The van der Waals surface area contributed by atoms with Gasteiger partial charge in [-0.25, -0.2) is 4.98 Å². The van der Waals surface area contributed by atoms with Crippen molar-refractivity contribution in [1.82, 2.24) is 19.8 Å². The molecule has 136 valence electrons. The zero-order valence-corrected chi connectivity index (χ0v) is 14.7. The number of carbonyl (C=O) groups is 2. The smallest absolute Gasteiger partial charge is 0.263 e. The Morgan fingerprint density at radius 3 is 2.58 bits per heavy atom. The zero-order chi connectivity index (χ0) is 18.7. The number of benzene rings is 1. The molecule has 1 aromatic carbocycles. The molecule has 1 fully saturated rings. The van der Waals surface area contributed by atoms with Crippen molar-refractivity contribution in [1.29, 1.82) is 0 Å². The standard InChI is InChI=1S/C18H20N4O4/c1-12-19-9-15(17(24)20-12)18(25)22-8-7-21(16(23)11-22)10-13-3-5-14(26-2)6-4-13/h3-6,9H,7-8,10-11H2,1-2H3,(H,19,20,24). The number of aromatic amines is 1. The van der Waals surface area contributed by atoms with Crippen LogP contribution in [-0.2, 0) is 11.3 Å². The number of aryl methyl sites for hydroxylation is 1. The summed E-state index contributed by atoms with van der Waals surface area (Å²) in [5.74, 6) is 0.562. The minimum Gasteiger partial charge on any atom is -0.497 e. The van der Waals surface area contributed by atoms with Gasteiger partial charge < -0.3 is 19.5 Å². The molecule has 8 nitrogen and oxygen atoms in total. The first-order chi connectivity index (χ1) is 12.5. The molecule has 0 saturated carbocycles. The summed E-state index contributed by atoms with van der Waals surface area (Å²) < 4.78 is 5.12. The number of ether oxygens (including phenoxy) is 1. The Bertz CT molecular complexity index is 876. The molecule has 2 amide bonds. The van der Waals surface area contributed by atoms with Gasteiger partial charge in [0, 0.05) is 25.8 Å². The number of piperazine rings is 1. The van der Waals surface area contributed by atoms with Crippen molar-refractivity contribution >= 4 is 11.8 Å². The van der Waals surface area contributed by atoms with E-state index in [0.29, 0.717) is 25.5 Å². The number of H-pyrrole nitrogens is 1. The highest BCUT2D eigenvalue weighted by molar-refractivity contribution is 5.96. The van der Waals surface area contributed by atoms with Crippen molar-refractivity contribution in [2.75, 3.05) is 26.7 Å². The van der Waals surface area contributed by atoms with E-state index < -0.39 is 11.5 Å². The van der Waals surface area contributed by atoms with E-state index in [1.54, 1.807) is 18.9 Å². The third-order valence-electron chi connectivity index (χ3n) is 4.30. The van der Waals surface area contributed by atoms with Crippen LogP contribution in [-0.4, -0.2) is 58.3 Å². The second-order valence-corrected chi connectivity index (χ2v) is 6.10. The molecular weight excluding hydrogens is 336 g/mol. The fourth-order valence-electron chi connectivity index (χ4n) is 2.81. The molecule has 0 unspecified atom stereocenters. The van der Waals surface area contributed by atoms with Gasteiger partial charge in [-0.15, -0.1) is 0 Å². The third kappa shape index (κ3) is 3.74. The van der Waals surface area contributed by atoms with Crippen LogP contribution in [0.4, 0.5) is 0 Å². The van der Waals surface area contributed by atoms with Gasteiger partial charge in [-0.3, -0.25) is 14.4 Å². The van der Waals surface area contributed by atoms with Crippen LogP contribution < -0.4 is 10.3 Å². The van der Waals surface area contributed by atoms with E-state index in [2.05, 4.69) is 9.97 Å². The summed E-state index contributed by atoms with van der Waals surface area (Å²) in [4.78, 5) is 46.4. The molecule has 26 heavy (non-hydrogen) atoms. The predicted molar refractivity (Wildman–Crippen MR) is 93.9 cm³/mol. The van der Waals surface area contributed by atoms with Gasteiger partial charge in [-0.2, -0.15) is 0 Å². The quantitative estimate of drug-likeness (QED) is 0.864. The Balaban J connectivity index is 1.65. The number of hydrogen-bond donors (Lipinski definition) is 1. The van der Waals surface area contributed by atoms with Crippen molar-refractivity contribution < 1.29 is 14.3 Å². The Morgan fingerprint density at radius 2 is 1.96 bits per heavy atom. The molecule has 0 aliphatic carbocycles. The number of aromatic nitrogens is 2. The maximum Gasteiger partial charge on any atom is 0.263 e. The van der Waals surface area contributed by atoms with Gasteiger partial charge in [0.05, 0.1) is 7.11 Å². The first kappa shape index (κ1) is 17.7. The van der Waals surface area contributed by atoms with Gasteiger partial charge in [0.15, 0.2) is 0 Å². The number of nitrogens with one attached hydrogen (secondary N) is 1. The molecule has 2 heterocycles. The molecular formula is C18H20N4O4. The Morgan fingerprint density at radius 1 is 1.23 bits per heavy atom. The van der Waals surface area contributed by atoms with Gasteiger partial charge in [0.1, 0.15) is 23.7 Å². The molecule has 1 N–H and O–H groups in total. The fraction of sp³-hybridized carbons (Fsp3) is 0.333. The summed E-state index contributed by atoms with van der Waals surface area (Å²) in [5, 5.41) is 0. The second kappa shape index (κ2) is 7.38. The minimum absolute atomic E-state index is 0.0491. The highest BCUT2D eigenvalue weighted by Gasteiger charge is 2.29. The molecule has 1 aliphatic rings. The number of hydrogen-bond acceptors (Lipinski definition) is 5. The SMILES string of the molecule is COc1ccc(CN2CCN(C(=O)c3cnc(C)[nH]c3=O)CC2=O)cc1. The highest BCUT2D eigenvalue weighted by atomic mass is 16.5. The first-order valence-corrected chi connectivity index (χ1v) is 8.24. The molecule has 0 bridgehead atoms. The molecule has 3 rings (SSSR count). The van der Waals surface area contributed by atoms with Gasteiger partial charge in [-0.05, 0) is 24.6 Å².